The molecule has 2 aromatic rings. The summed E-state index contributed by atoms with van der Waals surface area (Å²) in [6.07, 6.45) is 1.50. The molecule has 3 rings (SSSR count). The zero-order chi connectivity index (χ0) is 14.1. The molecule has 0 atom stereocenters. The monoisotopic (exact) mass is 268 g/mol. The Kier molecular flexibility index (Phi) is 3.19. The maximum atomic E-state index is 12.4. The van der Waals surface area contributed by atoms with Crippen molar-refractivity contribution in [2.24, 2.45) is 5.92 Å². The molecular weight excluding hydrogens is 252 g/mol. The highest BCUT2D eigenvalue weighted by Crippen LogP contribution is 2.23. The zero-order valence-corrected chi connectivity index (χ0v) is 11.4. The van der Waals surface area contributed by atoms with Crippen LogP contribution >= 0.6 is 0 Å². The van der Waals surface area contributed by atoms with Crippen LogP contribution in [-0.2, 0) is 0 Å². The first kappa shape index (κ1) is 12.7. The molecule has 1 aromatic carbocycles. The van der Waals surface area contributed by atoms with Crippen LogP contribution in [0.15, 0.2) is 28.7 Å². The molecule has 4 nitrogen and oxygen atoms in total. The average molecular weight is 268 g/mol. The highest BCUT2D eigenvalue weighted by molar-refractivity contribution is 5.96. The van der Waals surface area contributed by atoms with E-state index in [-0.39, 0.29) is 11.8 Å². The summed E-state index contributed by atoms with van der Waals surface area (Å²) in [6, 6.07) is 9.95. The van der Waals surface area contributed by atoms with Crippen LogP contribution in [0.3, 0.4) is 0 Å². The fourth-order valence-electron chi connectivity index (χ4n) is 2.64. The van der Waals surface area contributed by atoms with Gasteiger partial charge >= 0.3 is 0 Å². The van der Waals surface area contributed by atoms with Gasteiger partial charge in [-0.15, -0.1) is 0 Å². The lowest BCUT2D eigenvalue weighted by molar-refractivity contribution is 0.0677. The Hall–Kier alpha value is -2.28. The number of likely N-dealkylation sites (tertiary alicyclic amines) is 1. The van der Waals surface area contributed by atoms with Crippen molar-refractivity contribution in [3.05, 3.63) is 35.6 Å². The predicted octanol–water partition coefficient (Wildman–Crippen LogP) is 3.12. The topological polar surface area (TPSA) is 57.2 Å². The van der Waals surface area contributed by atoms with Crippen molar-refractivity contribution < 1.29 is 9.21 Å². The zero-order valence-electron chi connectivity index (χ0n) is 11.4. The number of hydrogen-bond acceptors (Lipinski definition) is 3. The molecule has 0 N–H and O–H groups in total. The van der Waals surface area contributed by atoms with Crippen molar-refractivity contribution in [3.8, 4) is 6.07 Å². The van der Waals surface area contributed by atoms with Gasteiger partial charge in [-0.3, -0.25) is 4.79 Å². The van der Waals surface area contributed by atoms with Crippen LogP contribution in [0.4, 0.5) is 0 Å². The number of rotatable bonds is 1. The molecule has 1 fully saturated rings. The largest absolute Gasteiger partial charge is 0.451 e. The molecule has 1 amide bonds. The van der Waals surface area contributed by atoms with E-state index in [9.17, 15) is 4.79 Å². The first-order chi connectivity index (χ1) is 9.67. The number of amides is 1. The van der Waals surface area contributed by atoms with E-state index < -0.39 is 0 Å². The number of nitriles is 1. The van der Waals surface area contributed by atoms with Crippen LogP contribution in [-0.4, -0.2) is 23.9 Å². The second kappa shape index (κ2) is 5.01. The van der Waals surface area contributed by atoms with E-state index in [1.807, 2.05) is 25.1 Å². The smallest absolute Gasteiger partial charge is 0.289 e. The Morgan fingerprint density at radius 2 is 2.10 bits per heavy atom. The molecule has 0 radical (unpaired) electrons. The lowest BCUT2D eigenvalue weighted by Crippen LogP contribution is -2.38. The molecule has 2 heterocycles. The van der Waals surface area contributed by atoms with Gasteiger partial charge in [0.05, 0.1) is 6.07 Å². The van der Waals surface area contributed by atoms with E-state index >= 15 is 0 Å². The molecule has 1 aliphatic heterocycles. The molecule has 102 valence electrons. The third-order valence-electron chi connectivity index (χ3n) is 3.85. The number of hydrogen-bond donors (Lipinski definition) is 0. The summed E-state index contributed by atoms with van der Waals surface area (Å²) in [5.74, 6) is 0.397. The summed E-state index contributed by atoms with van der Waals surface area (Å²) in [4.78, 5) is 14.2. The van der Waals surface area contributed by atoms with Crippen LogP contribution in [0.25, 0.3) is 11.0 Å². The Labute approximate surface area is 117 Å². The molecule has 0 bridgehead atoms. The summed E-state index contributed by atoms with van der Waals surface area (Å²) in [6.45, 7) is 3.28. The average Bonchev–Trinajstić information content (AvgIpc) is 2.89. The van der Waals surface area contributed by atoms with Gasteiger partial charge in [-0.2, -0.15) is 5.26 Å². The van der Waals surface area contributed by atoms with Gasteiger partial charge in [0.1, 0.15) is 5.58 Å². The molecule has 4 heteroatoms. The Bertz CT molecular complexity index is 688. The minimum absolute atomic E-state index is 0.0738. The minimum Gasteiger partial charge on any atom is -0.451 e. The van der Waals surface area contributed by atoms with Gasteiger partial charge in [-0.25, -0.2) is 0 Å². The summed E-state index contributed by atoms with van der Waals surface area (Å²) in [5.41, 5.74) is 1.89. The fraction of sp³-hybridized carbons (Fsp3) is 0.375. The number of nitrogens with zero attached hydrogens (tertiary/aromatic N) is 2. The number of carbonyl (C=O) groups is 1. The second-order valence-electron chi connectivity index (χ2n) is 5.35. The van der Waals surface area contributed by atoms with Gasteiger partial charge in [-0.1, -0.05) is 11.6 Å². The lowest BCUT2D eigenvalue weighted by Gasteiger charge is -2.28. The van der Waals surface area contributed by atoms with Crippen molar-refractivity contribution >= 4 is 16.9 Å². The SMILES string of the molecule is Cc1ccc2oc(C(=O)N3CCC(C#N)CC3)cc2c1. The maximum Gasteiger partial charge on any atom is 0.289 e. The number of fused-ring (bicyclic) bond motifs is 1. The highest BCUT2D eigenvalue weighted by atomic mass is 16.3. The predicted molar refractivity (Wildman–Crippen MR) is 75.2 cm³/mol. The maximum absolute atomic E-state index is 12.4. The van der Waals surface area contributed by atoms with Crippen molar-refractivity contribution in [1.82, 2.24) is 4.90 Å². The number of carbonyl (C=O) groups excluding carboxylic acids is 1. The van der Waals surface area contributed by atoms with E-state index in [2.05, 4.69) is 6.07 Å². The minimum atomic E-state index is -0.0738. The summed E-state index contributed by atoms with van der Waals surface area (Å²) < 4.78 is 5.63. The van der Waals surface area contributed by atoms with E-state index in [0.717, 1.165) is 29.4 Å². The number of furan rings is 1. The normalized spacial score (nSPS) is 16.3. The van der Waals surface area contributed by atoms with Crippen LogP contribution in [0.5, 0.6) is 0 Å². The van der Waals surface area contributed by atoms with Crippen LogP contribution < -0.4 is 0 Å². The molecular formula is C16H16N2O2. The van der Waals surface area contributed by atoms with E-state index in [1.54, 1.807) is 11.0 Å². The number of aryl methyl sites for hydroxylation is 1. The summed E-state index contributed by atoms with van der Waals surface area (Å²) >= 11 is 0. The standard InChI is InChI=1S/C16H16N2O2/c1-11-2-3-14-13(8-11)9-15(20-14)16(19)18-6-4-12(10-17)5-7-18/h2-3,8-9,12H,4-7H2,1H3. The Morgan fingerprint density at radius 3 is 2.80 bits per heavy atom. The quantitative estimate of drug-likeness (QED) is 0.798. The van der Waals surface area contributed by atoms with Gasteiger partial charge in [0.15, 0.2) is 5.76 Å². The lowest BCUT2D eigenvalue weighted by atomic mass is 9.98. The van der Waals surface area contributed by atoms with Gasteiger partial charge in [0.2, 0.25) is 0 Å². The Morgan fingerprint density at radius 1 is 1.35 bits per heavy atom. The third-order valence-corrected chi connectivity index (χ3v) is 3.85. The van der Waals surface area contributed by atoms with Crippen molar-refractivity contribution in [3.63, 3.8) is 0 Å². The van der Waals surface area contributed by atoms with Crippen molar-refractivity contribution in [1.29, 1.82) is 5.26 Å². The van der Waals surface area contributed by atoms with E-state index in [1.165, 1.54) is 0 Å². The summed E-state index contributed by atoms with van der Waals surface area (Å²) in [5, 5.41) is 9.84. The molecule has 0 spiro atoms. The van der Waals surface area contributed by atoms with E-state index in [0.29, 0.717) is 18.8 Å². The van der Waals surface area contributed by atoms with Crippen molar-refractivity contribution in [2.45, 2.75) is 19.8 Å². The van der Waals surface area contributed by atoms with Gasteiger partial charge in [0.25, 0.3) is 5.91 Å². The highest BCUT2D eigenvalue weighted by Gasteiger charge is 2.25. The number of piperidine rings is 1. The summed E-state index contributed by atoms with van der Waals surface area (Å²) in [7, 11) is 0. The van der Waals surface area contributed by atoms with Crippen LogP contribution in [0.2, 0.25) is 0 Å². The van der Waals surface area contributed by atoms with Crippen LogP contribution in [0.1, 0.15) is 29.0 Å². The molecule has 1 aliphatic rings. The number of benzene rings is 1. The van der Waals surface area contributed by atoms with Crippen molar-refractivity contribution in [2.75, 3.05) is 13.1 Å². The van der Waals surface area contributed by atoms with Gasteiger partial charge in [0, 0.05) is 24.4 Å². The second-order valence-corrected chi connectivity index (χ2v) is 5.35. The fourth-order valence-corrected chi connectivity index (χ4v) is 2.64. The first-order valence-corrected chi connectivity index (χ1v) is 6.86. The molecule has 0 saturated carbocycles. The van der Waals surface area contributed by atoms with Gasteiger partial charge < -0.3 is 9.32 Å². The molecule has 1 aromatic heterocycles. The molecule has 0 unspecified atom stereocenters. The Balaban J connectivity index is 1.81. The van der Waals surface area contributed by atoms with Gasteiger partial charge in [-0.05, 0) is 38.0 Å². The van der Waals surface area contributed by atoms with E-state index in [4.69, 9.17) is 9.68 Å². The third kappa shape index (κ3) is 2.27. The molecule has 0 aliphatic carbocycles. The molecule has 1 saturated heterocycles. The molecule has 20 heavy (non-hydrogen) atoms. The first-order valence-electron chi connectivity index (χ1n) is 6.86. The van der Waals surface area contributed by atoms with Crippen LogP contribution in [0, 0.1) is 24.2 Å².